The monoisotopic (exact) mass is 558 g/mol. The fourth-order valence-electron chi connectivity index (χ4n) is 3.09. The first kappa shape index (κ1) is 25.6. The molecule has 0 heterocycles. The van der Waals surface area contributed by atoms with Crippen molar-refractivity contribution < 1.29 is 14.3 Å². The van der Waals surface area contributed by atoms with Gasteiger partial charge in [0.05, 0.1) is 11.1 Å². The molecule has 0 aliphatic carbocycles. The summed E-state index contributed by atoms with van der Waals surface area (Å²) in [7, 11) is 0. The molecular weight excluding hydrogens is 539 g/mol. The van der Waals surface area contributed by atoms with Crippen LogP contribution in [0.1, 0.15) is 23.6 Å². The van der Waals surface area contributed by atoms with Gasteiger partial charge < -0.3 is 14.8 Å². The van der Waals surface area contributed by atoms with E-state index in [1.807, 2.05) is 31.2 Å². The quantitative estimate of drug-likeness (QED) is 0.228. The van der Waals surface area contributed by atoms with E-state index in [2.05, 4.69) is 21.2 Å². The number of amides is 1. The van der Waals surface area contributed by atoms with Crippen LogP contribution in [0.5, 0.6) is 11.5 Å². The molecule has 0 saturated carbocycles. The lowest BCUT2D eigenvalue weighted by Crippen LogP contribution is -2.14. The maximum Gasteiger partial charge on any atom is 0.266 e. The van der Waals surface area contributed by atoms with Gasteiger partial charge >= 0.3 is 0 Å². The lowest BCUT2D eigenvalue weighted by molar-refractivity contribution is -0.112. The Morgan fingerprint density at radius 2 is 1.85 bits per heavy atom. The van der Waals surface area contributed by atoms with E-state index in [4.69, 9.17) is 32.7 Å². The molecule has 1 amide bonds. The Balaban J connectivity index is 1.87. The zero-order valence-corrected chi connectivity index (χ0v) is 21.6. The van der Waals surface area contributed by atoms with E-state index in [9.17, 15) is 10.1 Å². The molecule has 0 aromatic heterocycles. The molecule has 5 nitrogen and oxygen atoms in total. The van der Waals surface area contributed by atoms with E-state index < -0.39 is 5.91 Å². The van der Waals surface area contributed by atoms with Gasteiger partial charge in [-0.1, -0.05) is 47.5 Å². The summed E-state index contributed by atoms with van der Waals surface area (Å²) >= 11 is 15.9. The summed E-state index contributed by atoms with van der Waals surface area (Å²) in [5, 5.41) is 13.5. The van der Waals surface area contributed by atoms with Crippen LogP contribution < -0.4 is 14.8 Å². The van der Waals surface area contributed by atoms with Crippen molar-refractivity contribution in [3.63, 3.8) is 0 Å². The van der Waals surface area contributed by atoms with Crippen LogP contribution in [0, 0.1) is 18.3 Å². The third-order valence-electron chi connectivity index (χ3n) is 4.85. The van der Waals surface area contributed by atoms with Crippen LogP contribution >= 0.6 is 39.1 Å². The van der Waals surface area contributed by atoms with E-state index in [0.717, 1.165) is 11.1 Å². The molecule has 0 unspecified atom stereocenters. The average Bonchev–Trinajstić information content (AvgIpc) is 2.81. The maximum atomic E-state index is 12.7. The summed E-state index contributed by atoms with van der Waals surface area (Å²) in [5.41, 5.74) is 2.62. The Morgan fingerprint density at radius 3 is 2.56 bits per heavy atom. The number of hydrogen-bond acceptors (Lipinski definition) is 4. The number of carbonyl (C=O) groups excluding carboxylic acids is 1. The Labute approximate surface area is 217 Å². The Kier molecular flexibility index (Phi) is 9.00. The Hall–Kier alpha value is -2.98. The van der Waals surface area contributed by atoms with Crippen LogP contribution in [0.2, 0.25) is 10.0 Å². The second kappa shape index (κ2) is 11.9. The zero-order valence-electron chi connectivity index (χ0n) is 18.5. The number of anilines is 1. The standard InChI is InChI=1S/C26H21BrCl2N2O3/c1-3-33-24-13-17(12-20(27)25(24)34-15-18-7-4-5-8-22(18)29)11-19(14-30)26(32)31-23-10-6-9-21(28)16(23)2/h4-13H,3,15H2,1-2H3,(H,31,32)/b19-11+. The topological polar surface area (TPSA) is 71.3 Å². The third-order valence-corrected chi connectivity index (χ3v) is 6.22. The minimum Gasteiger partial charge on any atom is -0.490 e. The van der Waals surface area contributed by atoms with Gasteiger partial charge in [-0.2, -0.15) is 5.26 Å². The lowest BCUT2D eigenvalue weighted by atomic mass is 10.1. The molecule has 0 aliphatic heterocycles. The SMILES string of the molecule is CCOc1cc(/C=C(\C#N)C(=O)Nc2cccc(Cl)c2C)cc(Br)c1OCc1ccccc1Cl. The summed E-state index contributed by atoms with van der Waals surface area (Å²) in [6, 6.07) is 18.0. The van der Waals surface area contributed by atoms with E-state index in [1.165, 1.54) is 6.08 Å². The number of ether oxygens (including phenoxy) is 2. The second-order valence-corrected chi connectivity index (χ2v) is 8.85. The van der Waals surface area contributed by atoms with Gasteiger partial charge in [-0.3, -0.25) is 4.79 Å². The van der Waals surface area contributed by atoms with E-state index in [0.29, 0.717) is 43.9 Å². The van der Waals surface area contributed by atoms with Gasteiger partial charge in [0.25, 0.3) is 5.91 Å². The van der Waals surface area contributed by atoms with E-state index in [-0.39, 0.29) is 12.2 Å². The van der Waals surface area contributed by atoms with Crippen molar-refractivity contribution in [2.45, 2.75) is 20.5 Å². The van der Waals surface area contributed by atoms with E-state index in [1.54, 1.807) is 43.3 Å². The summed E-state index contributed by atoms with van der Waals surface area (Å²) < 4.78 is 12.4. The largest absolute Gasteiger partial charge is 0.490 e. The fraction of sp³-hybridized carbons (Fsp3) is 0.154. The Bertz CT molecular complexity index is 1290. The number of hydrogen-bond donors (Lipinski definition) is 1. The number of benzene rings is 3. The highest BCUT2D eigenvalue weighted by atomic mass is 79.9. The number of nitrogens with one attached hydrogen (secondary N) is 1. The number of rotatable bonds is 8. The average molecular weight is 560 g/mol. The van der Waals surface area contributed by atoms with Gasteiger partial charge in [-0.15, -0.1) is 0 Å². The molecule has 3 aromatic carbocycles. The van der Waals surface area contributed by atoms with Gasteiger partial charge in [0, 0.05) is 21.3 Å². The maximum absolute atomic E-state index is 12.7. The summed E-state index contributed by atoms with van der Waals surface area (Å²) in [6.45, 7) is 4.30. The highest BCUT2D eigenvalue weighted by Gasteiger charge is 2.16. The minimum atomic E-state index is -0.541. The molecule has 0 fully saturated rings. The number of nitrogens with zero attached hydrogens (tertiary/aromatic N) is 1. The molecule has 0 aliphatic rings. The van der Waals surface area contributed by atoms with Crippen molar-refractivity contribution in [1.82, 2.24) is 0 Å². The molecule has 3 aromatic rings. The molecule has 3 rings (SSSR count). The van der Waals surface area contributed by atoms with Crippen molar-refractivity contribution in [2.75, 3.05) is 11.9 Å². The Morgan fingerprint density at radius 1 is 1.12 bits per heavy atom. The molecule has 0 saturated heterocycles. The predicted octanol–water partition coefficient (Wildman–Crippen LogP) is 7.59. The van der Waals surface area contributed by atoms with Crippen molar-refractivity contribution in [1.29, 1.82) is 5.26 Å². The van der Waals surface area contributed by atoms with Crippen LogP contribution in [-0.2, 0) is 11.4 Å². The molecular formula is C26H21BrCl2N2O3. The predicted molar refractivity (Wildman–Crippen MR) is 140 cm³/mol. The van der Waals surface area contributed by atoms with Crippen LogP contribution in [0.25, 0.3) is 6.08 Å². The van der Waals surface area contributed by atoms with Gasteiger partial charge in [0.15, 0.2) is 11.5 Å². The van der Waals surface area contributed by atoms with E-state index >= 15 is 0 Å². The molecule has 0 spiro atoms. The van der Waals surface area contributed by atoms with Crippen LogP contribution in [-0.4, -0.2) is 12.5 Å². The highest BCUT2D eigenvalue weighted by Crippen LogP contribution is 2.38. The number of nitriles is 1. The van der Waals surface area contributed by atoms with Gasteiger partial charge in [0.1, 0.15) is 18.2 Å². The van der Waals surface area contributed by atoms with Gasteiger partial charge in [0.2, 0.25) is 0 Å². The van der Waals surface area contributed by atoms with Crippen molar-refractivity contribution in [3.05, 3.63) is 91.4 Å². The van der Waals surface area contributed by atoms with Crippen LogP contribution in [0.15, 0.2) is 64.6 Å². The molecule has 8 heteroatoms. The first-order valence-electron chi connectivity index (χ1n) is 10.3. The molecule has 0 radical (unpaired) electrons. The second-order valence-electron chi connectivity index (χ2n) is 7.18. The molecule has 174 valence electrons. The van der Waals surface area contributed by atoms with Crippen LogP contribution in [0.4, 0.5) is 5.69 Å². The molecule has 0 atom stereocenters. The number of carbonyl (C=O) groups is 1. The minimum absolute atomic E-state index is 0.0709. The first-order chi connectivity index (χ1) is 16.3. The first-order valence-corrected chi connectivity index (χ1v) is 11.9. The van der Waals surface area contributed by atoms with Gasteiger partial charge in [-0.05, 0) is 77.3 Å². The summed E-state index contributed by atoms with van der Waals surface area (Å²) in [5.74, 6) is 0.427. The normalized spacial score (nSPS) is 11.0. The zero-order chi connectivity index (χ0) is 24.7. The summed E-state index contributed by atoms with van der Waals surface area (Å²) in [6.07, 6.45) is 1.49. The molecule has 34 heavy (non-hydrogen) atoms. The van der Waals surface area contributed by atoms with Crippen molar-refractivity contribution in [2.24, 2.45) is 0 Å². The molecule has 1 N–H and O–H groups in total. The highest BCUT2D eigenvalue weighted by molar-refractivity contribution is 9.10. The van der Waals surface area contributed by atoms with Crippen molar-refractivity contribution in [3.8, 4) is 17.6 Å². The van der Waals surface area contributed by atoms with Gasteiger partial charge in [-0.25, -0.2) is 0 Å². The smallest absolute Gasteiger partial charge is 0.266 e. The summed E-state index contributed by atoms with van der Waals surface area (Å²) in [4.78, 5) is 12.7. The third kappa shape index (κ3) is 6.32. The lowest BCUT2D eigenvalue weighted by Gasteiger charge is -2.15. The fourth-order valence-corrected chi connectivity index (χ4v) is 4.03. The van der Waals surface area contributed by atoms with Crippen molar-refractivity contribution >= 4 is 56.8 Å². The number of halogens is 3. The molecule has 0 bridgehead atoms. The van der Waals surface area contributed by atoms with Crippen LogP contribution in [0.3, 0.4) is 0 Å².